The van der Waals surface area contributed by atoms with E-state index >= 15 is 0 Å². The van der Waals surface area contributed by atoms with Gasteiger partial charge in [-0.1, -0.05) is 0 Å². The van der Waals surface area contributed by atoms with Crippen LogP contribution in [0.25, 0.3) is 5.69 Å². The number of hydrogen-bond acceptors (Lipinski definition) is 7. The summed E-state index contributed by atoms with van der Waals surface area (Å²) < 4.78 is 19.0. The molecule has 1 atom stereocenters. The van der Waals surface area contributed by atoms with Gasteiger partial charge in [-0.3, -0.25) is 0 Å². The summed E-state index contributed by atoms with van der Waals surface area (Å²) in [4.78, 5) is 6.91. The number of rotatable bonds is 6. The normalized spacial score (nSPS) is 19.7. The van der Waals surface area contributed by atoms with Gasteiger partial charge in [-0.25, -0.2) is 9.67 Å². The van der Waals surface area contributed by atoms with Gasteiger partial charge in [-0.05, 0) is 39.8 Å². The van der Waals surface area contributed by atoms with Crippen molar-refractivity contribution in [2.75, 3.05) is 45.5 Å². The van der Waals surface area contributed by atoms with Crippen LogP contribution in [0.3, 0.4) is 0 Å². The molecule has 0 amide bonds. The molecule has 4 heterocycles. The van der Waals surface area contributed by atoms with Crippen LogP contribution < -0.4 is 14.8 Å². The van der Waals surface area contributed by atoms with Gasteiger partial charge >= 0.3 is 0 Å². The van der Waals surface area contributed by atoms with E-state index in [1.165, 1.54) is 6.42 Å². The standard InChI is InChI=1S/C21H31N5O3/c1-14(2)25-7-5-16(11-25)12-29-21-18-6-8-28-13-23-19(18)26(24-21)17-9-15(3)20(27-4)22-10-17/h9-10,14,16,23H,5-8,11-13H2,1-4H3. The molecule has 4 rings (SSSR count). The Morgan fingerprint density at radius 2 is 2.21 bits per heavy atom. The molecule has 1 fully saturated rings. The Hall–Kier alpha value is -2.32. The fourth-order valence-electron chi connectivity index (χ4n) is 4.05. The molecular formula is C21H31N5O3. The lowest BCUT2D eigenvalue weighted by Crippen LogP contribution is -2.29. The summed E-state index contributed by atoms with van der Waals surface area (Å²) in [6.45, 7) is 10.5. The van der Waals surface area contributed by atoms with E-state index in [1.807, 2.05) is 17.7 Å². The molecule has 0 aliphatic carbocycles. The molecule has 8 nitrogen and oxygen atoms in total. The number of hydrogen-bond donors (Lipinski definition) is 1. The highest BCUT2D eigenvalue weighted by Gasteiger charge is 2.27. The van der Waals surface area contributed by atoms with E-state index < -0.39 is 0 Å². The number of aryl methyl sites for hydroxylation is 1. The highest BCUT2D eigenvalue weighted by atomic mass is 16.5. The third-order valence-corrected chi connectivity index (χ3v) is 5.74. The van der Waals surface area contributed by atoms with Crippen molar-refractivity contribution in [1.29, 1.82) is 0 Å². The highest BCUT2D eigenvalue weighted by Crippen LogP contribution is 2.32. The van der Waals surface area contributed by atoms with E-state index in [0.717, 1.165) is 42.1 Å². The Morgan fingerprint density at radius 3 is 2.93 bits per heavy atom. The Morgan fingerprint density at radius 1 is 1.34 bits per heavy atom. The van der Waals surface area contributed by atoms with Gasteiger partial charge < -0.3 is 24.4 Å². The van der Waals surface area contributed by atoms with E-state index in [9.17, 15) is 0 Å². The van der Waals surface area contributed by atoms with Crippen molar-refractivity contribution in [2.45, 2.75) is 39.7 Å². The molecule has 0 radical (unpaired) electrons. The summed E-state index contributed by atoms with van der Waals surface area (Å²) in [6, 6.07) is 2.61. The topological polar surface area (TPSA) is 73.7 Å². The molecule has 1 unspecified atom stereocenters. The first-order valence-corrected chi connectivity index (χ1v) is 10.4. The van der Waals surface area contributed by atoms with E-state index in [0.29, 0.717) is 43.7 Å². The molecule has 2 aromatic rings. The number of likely N-dealkylation sites (tertiary alicyclic amines) is 1. The van der Waals surface area contributed by atoms with E-state index in [2.05, 4.69) is 29.0 Å². The molecule has 0 aromatic carbocycles. The van der Waals surface area contributed by atoms with Crippen LogP contribution in [0.2, 0.25) is 0 Å². The second-order valence-electron chi connectivity index (χ2n) is 8.10. The minimum Gasteiger partial charge on any atom is -0.481 e. The lowest BCUT2D eigenvalue weighted by atomic mass is 10.1. The molecule has 0 bridgehead atoms. The molecule has 158 valence electrons. The van der Waals surface area contributed by atoms with Gasteiger partial charge in [-0.2, -0.15) is 0 Å². The zero-order valence-electron chi connectivity index (χ0n) is 17.8. The van der Waals surface area contributed by atoms with Gasteiger partial charge in [0.25, 0.3) is 0 Å². The Kier molecular flexibility index (Phi) is 5.91. The van der Waals surface area contributed by atoms with Gasteiger partial charge in [0.2, 0.25) is 11.8 Å². The summed E-state index contributed by atoms with van der Waals surface area (Å²) >= 11 is 0. The van der Waals surface area contributed by atoms with E-state index in [4.69, 9.17) is 19.3 Å². The van der Waals surface area contributed by atoms with Crippen molar-refractivity contribution in [2.24, 2.45) is 5.92 Å². The zero-order chi connectivity index (χ0) is 20.4. The van der Waals surface area contributed by atoms with Crippen molar-refractivity contribution in [1.82, 2.24) is 19.7 Å². The largest absolute Gasteiger partial charge is 0.481 e. The monoisotopic (exact) mass is 401 g/mol. The summed E-state index contributed by atoms with van der Waals surface area (Å²) in [5.41, 5.74) is 2.90. The Labute approximate surface area is 172 Å². The van der Waals surface area contributed by atoms with E-state index in [1.54, 1.807) is 13.3 Å². The summed E-state index contributed by atoms with van der Waals surface area (Å²) in [6.07, 6.45) is 3.71. The number of pyridine rings is 1. The summed E-state index contributed by atoms with van der Waals surface area (Å²) in [7, 11) is 1.63. The number of anilines is 1. The smallest absolute Gasteiger partial charge is 0.238 e. The SMILES string of the molecule is COc1ncc(-n2nc(OCC3CCN(C(C)C)C3)c3c2NCOCC3)cc1C. The van der Waals surface area contributed by atoms with Gasteiger partial charge in [0.1, 0.15) is 12.5 Å². The molecule has 1 N–H and O–H groups in total. The quantitative estimate of drug-likeness (QED) is 0.798. The average Bonchev–Trinajstić information content (AvgIpc) is 3.24. The van der Waals surface area contributed by atoms with Crippen molar-refractivity contribution in [3.63, 3.8) is 0 Å². The van der Waals surface area contributed by atoms with Crippen molar-refractivity contribution in [3.05, 3.63) is 23.4 Å². The number of methoxy groups -OCH3 is 1. The van der Waals surface area contributed by atoms with Crippen LogP contribution in [0, 0.1) is 12.8 Å². The first kappa shape index (κ1) is 20.0. The number of aromatic nitrogens is 3. The Balaban J connectivity index is 1.57. The lowest BCUT2D eigenvalue weighted by Gasteiger charge is -2.20. The van der Waals surface area contributed by atoms with Crippen LogP contribution in [0.1, 0.15) is 31.4 Å². The molecule has 29 heavy (non-hydrogen) atoms. The maximum Gasteiger partial charge on any atom is 0.238 e. The minimum atomic E-state index is 0.451. The van der Waals surface area contributed by atoms with Crippen LogP contribution in [0.4, 0.5) is 5.82 Å². The zero-order valence-corrected chi connectivity index (χ0v) is 17.8. The third kappa shape index (κ3) is 4.18. The Bertz CT molecular complexity index is 851. The molecule has 2 aromatic heterocycles. The van der Waals surface area contributed by atoms with Crippen LogP contribution in [0.5, 0.6) is 11.8 Å². The predicted octanol–water partition coefficient (Wildman–Crippen LogP) is 2.64. The van der Waals surface area contributed by atoms with Crippen LogP contribution >= 0.6 is 0 Å². The van der Waals surface area contributed by atoms with Gasteiger partial charge in [-0.15, -0.1) is 5.10 Å². The lowest BCUT2D eigenvalue weighted by molar-refractivity contribution is 0.158. The second-order valence-corrected chi connectivity index (χ2v) is 8.10. The number of nitrogens with one attached hydrogen (secondary N) is 1. The maximum atomic E-state index is 6.25. The fourth-order valence-corrected chi connectivity index (χ4v) is 4.05. The van der Waals surface area contributed by atoms with Crippen LogP contribution in [-0.4, -0.2) is 65.9 Å². The minimum absolute atomic E-state index is 0.451. The number of nitrogens with zero attached hydrogens (tertiary/aromatic N) is 4. The van der Waals surface area contributed by atoms with Gasteiger partial charge in [0, 0.05) is 30.5 Å². The first-order valence-electron chi connectivity index (χ1n) is 10.4. The van der Waals surface area contributed by atoms with Gasteiger partial charge in [0.15, 0.2) is 0 Å². The summed E-state index contributed by atoms with van der Waals surface area (Å²) in [5, 5.41) is 8.14. The van der Waals surface area contributed by atoms with Crippen molar-refractivity contribution in [3.8, 4) is 17.4 Å². The highest BCUT2D eigenvalue weighted by molar-refractivity contribution is 5.56. The van der Waals surface area contributed by atoms with Crippen LogP contribution in [-0.2, 0) is 11.2 Å². The summed E-state index contributed by atoms with van der Waals surface area (Å²) in [5.74, 6) is 2.77. The molecule has 8 heteroatoms. The second kappa shape index (κ2) is 8.59. The van der Waals surface area contributed by atoms with Crippen molar-refractivity contribution >= 4 is 5.82 Å². The molecular weight excluding hydrogens is 370 g/mol. The average molecular weight is 402 g/mol. The molecule has 1 saturated heterocycles. The third-order valence-electron chi connectivity index (χ3n) is 5.74. The molecule has 2 aliphatic rings. The predicted molar refractivity (Wildman–Crippen MR) is 111 cm³/mol. The first-order chi connectivity index (χ1) is 14.1. The van der Waals surface area contributed by atoms with Crippen molar-refractivity contribution < 1.29 is 14.2 Å². The van der Waals surface area contributed by atoms with Crippen LogP contribution in [0.15, 0.2) is 12.3 Å². The van der Waals surface area contributed by atoms with Gasteiger partial charge in [0.05, 0.1) is 37.8 Å². The fraction of sp³-hybridized carbons (Fsp3) is 0.619. The number of ether oxygens (including phenoxy) is 3. The van der Waals surface area contributed by atoms with E-state index in [-0.39, 0.29) is 0 Å². The maximum absolute atomic E-state index is 6.25. The molecule has 0 saturated carbocycles. The number of fused-ring (bicyclic) bond motifs is 1. The molecule has 0 spiro atoms. The molecule has 2 aliphatic heterocycles.